The lowest BCUT2D eigenvalue weighted by Gasteiger charge is -2.00. The molecule has 0 heterocycles. The fourth-order valence-electron chi connectivity index (χ4n) is 0.321. The van der Waals surface area contributed by atoms with Crippen LogP contribution in [-0.4, -0.2) is 43.6 Å². The molecule has 0 rings (SSSR count). The summed E-state index contributed by atoms with van der Waals surface area (Å²) in [5, 5.41) is 16.2. The highest BCUT2D eigenvalue weighted by molar-refractivity contribution is 7.87. The van der Waals surface area contributed by atoms with Crippen LogP contribution in [0, 0.1) is 0 Å². The van der Waals surface area contributed by atoms with E-state index in [9.17, 15) is 13.2 Å². The number of carbonyl (C=O) groups excluding carboxylic acids is 1. The molecule has 0 unspecified atom stereocenters. The Kier molecular flexibility index (Phi) is 4.01. The zero-order valence-corrected chi connectivity index (χ0v) is 6.37. The topological polar surface area (TPSA) is 101 Å². The molecule has 0 atom stereocenters. The van der Waals surface area contributed by atoms with Crippen LogP contribution in [0.3, 0.4) is 0 Å². The van der Waals surface area contributed by atoms with Crippen molar-refractivity contribution in [3.05, 3.63) is 0 Å². The summed E-state index contributed by atoms with van der Waals surface area (Å²) in [6, 6.07) is 0. The van der Waals surface area contributed by atoms with Gasteiger partial charge in [-0.05, 0) is 0 Å². The third kappa shape index (κ3) is 4.71. The van der Waals surface area contributed by atoms with Crippen LogP contribution < -0.4 is 0 Å². The Labute approximate surface area is 63.5 Å². The first-order chi connectivity index (χ1) is 5.02. The normalized spacial score (nSPS) is 11.1. The lowest BCUT2D eigenvalue weighted by atomic mass is 10.8. The Balaban J connectivity index is 4.03. The Hall–Kier alpha value is -0.660. The van der Waals surface area contributed by atoms with Gasteiger partial charge in [-0.15, -0.1) is 0 Å². The number of rotatable bonds is 4. The maximum Gasteiger partial charge on any atom is 0.347 e. The van der Waals surface area contributed by atoms with E-state index >= 15 is 0 Å². The molecule has 7 heteroatoms. The first kappa shape index (κ1) is 10.3. The molecular weight excluding hydrogens is 176 g/mol. The summed E-state index contributed by atoms with van der Waals surface area (Å²) >= 11 is 0. The fourth-order valence-corrected chi connectivity index (χ4v) is 0.964. The van der Waals surface area contributed by atoms with Gasteiger partial charge in [-0.3, -0.25) is 0 Å². The van der Waals surface area contributed by atoms with Crippen LogP contribution in [0.5, 0.6) is 0 Å². The Bertz CT molecular complexity index is 217. The highest BCUT2D eigenvalue weighted by Gasteiger charge is 2.14. The molecule has 0 spiro atoms. The van der Waals surface area contributed by atoms with Crippen LogP contribution in [0.2, 0.25) is 0 Å². The van der Waals surface area contributed by atoms with Crippen LogP contribution in [0.1, 0.15) is 0 Å². The molecule has 0 aromatic rings. The number of carbonyl (C=O) groups is 1. The van der Waals surface area contributed by atoms with Gasteiger partial charge in [-0.1, -0.05) is 0 Å². The molecular formula is C4H8O6S. The zero-order chi connectivity index (χ0) is 8.91. The quantitative estimate of drug-likeness (QED) is 0.483. The molecule has 0 aromatic carbocycles. The van der Waals surface area contributed by atoms with Crippen LogP contribution >= 0.6 is 0 Å². The van der Waals surface area contributed by atoms with Crippen molar-refractivity contribution in [3.63, 3.8) is 0 Å². The minimum atomic E-state index is -4.00. The number of aliphatic hydroxyl groups is 2. The molecule has 0 saturated carbocycles. The van der Waals surface area contributed by atoms with E-state index in [1.54, 1.807) is 0 Å². The average Bonchev–Trinajstić information content (AvgIpc) is 1.86. The van der Waals surface area contributed by atoms with Crippen LogP contribution in [0.15, 0.2) is 0 Å². The van der Waals surface area contributed by atoms with Gasteiger partial charge >= 0.3 is 16.1 Å². The molecule has 66 valence electrons. The van der Waals surface area contributed by atoms with Crippen molar-refractivity contribution >= 4 is 16.1 Å². The summed E-state index contributed by atoms with van der Waals surface area (Å²) in [5.41, 5.74) is 0. The van der Waals surface area contributed by atoms with Gasteiger partial charge in [0.25, 0.3) is 0 Å². The van der Waals surface area contributed by atoms with Gasteiger partial charge in [-0.25, -0.2) is 4.79 Å². The van der Waals surface area contributed by atoms with Crippen molar-refractivity contribution < 1.29 is 27.6 Å². The van der Waals surface area contributed by atoms with Crippen molar-refractivity contribution in [1.29, 1.82) is 0 Å². The minimum Gasteiger partial charge on any atom is -0.395 e. The molecule has 0 aliphatic rings. The first-order valence-corrected chi connectivity index (χ1v) is 4.26. The van der Waals surface area contributed by atoms with E-state index < -0.39 is 35.1 Å². The van der Waals surface area contributed by atoms with Gasteiger partial charge in [0, 0.05) is 0 Å². The summed E-state index contributed by atoms with van der Waals surface area (Å²) in [4.78, 5) is 10.2. The molecule has 0 amide bonds. The van der Waals surface area contributed by atoms with E-state index in [1.165, 1.54) is 0 Å². The average molecular weight is 184 g/mol. The number of aliphatic hydroxyl groups excluding tert-OH is 2. The van der Waals surface area contributed by atoms with E-state index in [-0.39, 0.29) is 0 Å². The third-order valence-corrected chi connectivity index (χ3v) is 1.81. The summed E-state index contributed by atoms with van der Waals surface area (Å²) < 4.78 is 24.7. The maximum atomic E-state index is 10.5. The van der Waals surface area contributed by atoms with Gasteiger partial charge in [0.1, 0.15) is 12.4 Å². The van der Waals surface area contributed by atoms with Crippen molar-refractivity contribution in [2.24, 2.45) is 0 Å². The monoisotopic (exact) mass is 184 g/mol. The number of hydrogen-bond donors (Lipinski definition) is 2. The molecule has 0 radical (unpaired) electrons. The summed E-state index contributed by atoms with van der Waals surface area (Å²) in [5.74, 6) is -1.91. The van der Waals surface area contributed by atoms with E-state index in [2.05, 4.69) is 4.18 Å². The second-order valence-corrected chi connectivity index (χ2v) is 3.29. The zero-order valence-electron chi connectivity index (χ0n) is 5.56. The Morgan fingerprint density at radius 3 is 2.27 bits per heavy atom. The van der Waals surface area contributed by atoms with E-state index in [4.69, 9.17) is 10.2 Å². The lowest BCUT2D eigenvalue weighted by molar-refractivity contribution is -0.136. The highest BCUT2D eigenvalue weighted by atomic mass is 32.2. The molecule has 6 nitrogen and oxygen atoms in total. The smallest absolute Gasteiger partial charge is 0.347 e. The summed E-state index contributed by atoms with van der Waals surface area (Å²) in [7, 11) is -4.00. The maximum absolute atomic E-state index is 10.5. The van der Waals surface area contributed by atoms with Crippen molar-refractivity contribution in [2.75, 3.05) is 19.0 Å². The molecule has 2 N–H and O–H groups in total. The second-order valence-electron chi connectivity index (χ2n) is 1.60. The molecule has 0 bridgehead atoms. The van der Waals surface area contributed by atoms with Gasteiger partial charge in [-0.2, -0.15) is 8.42 Å². The standard InChI is InChI=1S/C4H8O6S/c5-1-2-11(8,9)10-4(7)3-6/h5-6H,1-3H2. The largest absolute Gasteiger partial charge is 0.395 e. The van der Waals surface area contributed by atoms with E-state index in [0.29, 0.717) is 0 Å². The van der Waals surface area contributed by atoms with Crippen molar-refractivity contribution in [2.45, 2.75) is 0 Å². The Morgan fingerprint density at radius 2 is 1.91 bits per heavy atom. The second kappa shape index (κ2) is 4.27. The predicted molar refractivity (Wildman–Crippen MR) is 34.1 cm³/mol. The predicted octanol–water partition coefficient (Wildman–Crippen LogP) is -2.16. The van der Waals surface area contributed by atoms with Crippen molar-refractivity contribution in [3.8, 4) is 0 Å². The molecule has 11 heavy (non-hydrogen) atoms. The Morgan fingerprint density at radius 1 is 1.36 bits per heavy atom. The molecule has 0 aliphatic heterocycles. The van der Waals surface area contributed by atoms with E-state index in [1.807, 2.05) is 0 Å². The van der Waals surface area contributed by atoms with Crippen molar-refractivity contribution in [1.82, 2.24) is 0 Å². The highest BCUT2D eigenvalue weighted by Crippen LogP contribution is 1.92. The van der Waals surface area contributed by atoms with Gasteiger partial charge in [0.2, 0.25) is 0 Å². The van der Waals surface area contributed by atoms with Crippen LogP contribution in [-0.2, 0) is 19.1 Å². The van der Waals surface area contributed by atoms with Crippen LogP contribution in [0.4, 0.5) is 0 Å². The minimum absolute atomic E-state index is 0.624. The van der Waals surface area contributed by atoms with Gasteiger partial charge in [0.15, 0.2) is 0 Å². The summed E-state index contributed by atoms with van der Waals surface area (Å²) in [6.45, 7) is -1.62. The SMILES string of the molecule is O=C(CO)OS(=O)(=O)CCO. The summed E-state index contributed by atoms with van der Waals surface area (Å²) in [6.07, 6.45) is 0. The lowest BCUT2D eigenvalue weighted by Crippen LogP contribution is -2.19. The van der Waals surface area contributed by atoms with Crippen LogP contribution in [0.25, 0.3) is 0 Å². The van der Waals surface area contributed by atoms with Gasteiger partial charge in [0.05, 0.1) is 6.61 Å². The molecule has 0 saturated heterocycles. The molecule has 0 aliphatic carbocycles. The molecule has 0 aromatic heterocycles. The number of hydrogen-bond acceptors (Lipinski definition) is 6. The fraction of sp³-hybridized carbons (Fsp3) is 0.750. The first-order valence-electron chi connectivity index (χ1n) is 2.68. The third-order valence-electron chi connectivity index (χ3n) is 0.690. The van der Waals surface area contributed by atoms with E-state index in [0.717, 1.165) is 0 Å². The van der Waals surface area contributed by atoms with Gasteiger partial charge < -0.3 is 14.4 Å². The molecule has 0 fully saturated rings.